The largest absolute Gasteiger partial charge is 0.342 e. The van der Waals surface area contributed by atoms with Crippen LogP contribution in [-0.2, 0) is 7.05 Å². The van der Waals surface area contributed by atoms with Gasteiger partial charge in [-0.05, 0) is 31.9 Å². The molecule has 0 atom stereocenters. The molecule has 3 heterocycles. The zero-order valence-corrected chi connectivity index (χ0v) is 12.9. The standard InChI is InChI=1S/C16H19N5O/c1-11-17-15(22-19-11)12-7-9-21(10-8-12)16-18-13-5-3-4-6-14(13)20(16)2/h3-6,12H,7-10H2,1-2H3. The minimum atomic E-state index is 0.368. The zero-order valence-electron chi connectivity index (χ0n) is 12.9. The number of hydrogen-bond acceptors (Lipinski definition) is 5. The molecule has 1 aliphatic heterocycles. The molecule has 0 aliphatic carbocycles. The van der Waals surface area contributed by atoms with E-state index in [1.807, 2.05) is 13.0 Å². The van der Waals surface area contributed by atoms with Gasteiger partial charge in [-0.25, -0.2) is 4.98 Å². The SMILES string of the molecule is Cc1noc(C2CCN(c3nc4ccccc4n3C)CC2)n1. The number of piperidine rings is 1. The van der Waals surface area contributed by atoms with Gasteiger partial charge in [0.15, 0.2) is 5.82 Å². The molecule has 6 nitrogen and oxygen atoms in total. The number of nitrogens with zero attached hydrogens (tertiary/aromatic N) is 5. The first-order valence-electron chi connectivity index (χ1n) is 7.69. The summed E-state index contributed by atoms with van der Waals surface area (Å²) in [5.74, 6) is 2.91. The summed E-state index contributed by atoms with van der Waals surface area (Å²) in [5.41, 5.74) is 2.22. The van der Waals surface area contributed by atoms with Crippen molar-refractivity contribution >= 4 is 17.0 Å². The Bertz CT molecular complexity index is 798. The van der Waals surface area contributed by atoms with Crippen LogP contribution in [0.2, 0.25) is 0 Å². The van der Waals surface area contributed by atoms with Gasteiger partial charge in [0.2, 0.25) is 11.8 Å². The Balaban J connectivity index is 1.54. The second kappa shape index (κ2) is 5.12. The maximum atomic E-state index is 5.32. The first kappa shape index (κ1) is 13.3. The van der Waals surface area contributed by atoms with Crippen molar-refractivity contribution in [3.63, 3.8) is 0 Å². The van der Waals surface area contributed by atoms with Gasteiger partial charge in [0, 0.05) is 26.1 Å². The van der Waals surface area contributed by atoms with Crippen molar-refractivity contribution < 1.29 is 4.52 Å². The highest BCUT2D eigenvalue weighted by Crippen LogP contribution is 2.30. The van der Waals surface area contributed by atoms with Crippen LogP contribution >= 0.6 is 0 Å². The number of benzene rings is 1. The molecule has 4 rings (SSSR count). The lowest BCUT2D eigenvalue weighted by Gasteiger charge is -2.31. The fraction of sp³-hybridized carbons (Fsp3) is 0.438. The maximum absolute atomic E-state index is 5.32. The summed E-state index contributed by atoms with van der Waals surface area (Å²) in [6.07, 6.45) is 2.04. The average Bonchev–Trinajstić information content (AvgIpc) is 3.12. The molecule has 0 saturated carbocycles. The summed E-state index contributed by atoms with van der Waals surface area (Å²) >= 11 is 0. The number of rotatable bonds is 2. The fourth-order valence-corrected chi connectivity index (χ4v) is 3.22. The molecular formula is C16H19N5O. The highest BCUT2D eigenvalue weighted by Gasteiger charge is 2.26. The second-order valence-electron chi connectivity index (χ2n) is 5.90. The number of hydrogen-bond donors (Lipinski definition) is 0. The summed E-state index contributed by atoms with van der Waals surface area (Å²) in [5, 5.41) is 3.90. The van der Waals surface area contributed by atoms with E-state index < -0.39 is 0 Å². The normalized spacial score (nSPS) is 16.5. The smallest absolute Gasteiger partial charge is 0.229 e. The van der Waals surface area contributed by atoms with Crippen molar-refractivity contribution in [2.45, 2.75) is 25.7 Å². The van der Waals surface area contributed by atoms with Gasteiger partial charge in [0.05, 0.1) is 11.0 Å². The number of anilines is 1. The molecule has 1 fully saturated rings. The van der Waals surface area contributed by atoms with Crippen LogP contribution < -0.4 is 4.90 Å². The van der Waals surface area contributed by atoms with Gasteiger partial charge in [-0.3, -0.25) is 0 Å². The first-order valence-corrected chi connectivity index (χ1v) is 7.69. The van der Waals surface area contributed by atoms with Crippen molar-refractivity contribution in [1.29, 1.82) is 0 Å². The predicted molar refractivity (Wildman–Crippen MR) is 83.9 cm³/mol. The lowest BCUT2D eigenvalue weighted by Crippen LogP contribution is -2.34. The zero-order chi connectivity index (χ0) is 15.1. The van der Waals surface area contributed by atoms with E-state index in [1.54, 1.807) is 0 Å². The van der Waals surface area contributed by atoms with Crippen LogP contribution in [-0.4, -0.2) is 32.8 Å². The highest BCUT2D eigenvalue weighted by atomic mass is 16.5. The minimum Gasteiger partial charge on any atom is -0.342 e. The molecule has 3 aromatic rings. The molecule has 0 radical (unpaired) electrons. The lowest BCUT2D eigenvalue weighted by atomic mass is 9.97. The van der Waals surface area contributed by atoms with E-state index in [-0.39, 0.29) is 0 Å². The van der Waals surface area contributed by atoms with Gasteiger partial charge in [0.25, 0.3) is 0 Å². The van der Waals surface area contributed by atoms with Crippen LogP contribution in [0.4, 0.5) is 5.95 Å². The van der Waals surface area contributed by atoms with Crippen molar-refractivity contribution in [2.24, 2.45) is 7.05 Å². The summed E-state index contributed by atoms with van der Waals surface area (Å²) in [7, 11) is 2.08. The van der Waals surface area contributed by atoms with E-state index in [4.69, 9.17) is 9.51 Å². The van der Waals surface area contributed by atoms with Crippen LogP contribution in [0.3, 0.4) is 0 Å². The molecule has 1 saturated heterocycles. The van der Waals surface area contributed by atoms with E-state index in [0.29, 0.717) is 11.7 Å². The third-order valence-electron chi connectivity index (χ3n) is 4.43. The minimum absolute atomic E-state index is 0.368. The third kappa shape index (κ3) is 2.15. The Labute approximate surface area is 128 Å². The number of imidazole rings is 1. The summed E-state index contributed by atoms with van der Waals surface area (Å²) in [4.78, 5) is 11.5. The quantitative estimate of drug-likeness (QED) is 0.727. The molecule has 22 heavy (non-hydrogen) atoms. The van der Waals surface area contributed by atoms with Crippen LogP contribution in [0.25, 0.3) is 11.0 Å². The Morgan fingerprint density at radius 1 is 1.14 bits per heavy atom. The number of aromatic nitrogens is 4. The first-order chi connectivity index (χ1) is 10.7. The average molecular weight is 297 g/mol. The van der Waals surface area contributed by atoms with Crippen molar-refractivity contribution in [2.75, 3.05) is 18.0 Å². The highest BCUT2D eigenvalue weighted by molar-refractivity contribution is 5.78. The Morgan fingerprint density at radius 2 is 1.91 bits per heavy atom. The van der Waals surface area contributed by atoms with E-state index in [0.717, 1.165) is 43.3 Å². The van der Waals surface area contributed by atoms with Gasteiger partial charge in [0.1, 0.15) is 0 Å². The molecule has 0 N–H and O–H groups in total. The number of para-hydroxylation sites is 2. The van der Waals surface area contributed by atoms with Crippen LogP contribution in [0, 0.1) is 6.92 Å². The molecule has 1 aromatic carbocycles. The maximum Gasteiger partial charge on any atom is 0.229 e. The fourth-order valence-electron chi connectivity index (χ4n) is 3.22. The van der Waals surface area contributed by atoms with Crippen molar-refractivity contribution in [1.82, 2.24) is 19.7 Å². The van der Waals surface area contributed by atoms with Crippen LogP contribution in [0.15, 0.2) is 28.8 Å². The second-order valence-corrected chi connectivity index (χ2v) is 5.90. The molecule has 114 valence electrons. The Morgan fingerprint density at radius 3 is 2.59 bits per heavy atom. The van der Waals surface area contributed by atoms with Crippen LogP contribution in [0.1, 0.15) is 30.5 Å². The Kier molecular flexibility index (Phi) is 3.10. The molecule has 0 spiro atoms. The van der Waals surface area contributed by atoms with E-state index in [1.165, 1.54) is 5.52 Å². The number of fused-ring (bicyclic) bond motifs is 1. The Hall–Kier alpha value is -2.37. The van der Waals surface area contributed by atoms with E-state index in [2.05, 4.69) is 44.9 Å². The van der Waals surface area contributed by atoms with Gasteiger partial charge in [-0.1, -0.05) is 17.3 Å². The summed E-state index contributed by atoms with van der Waals surface area (Å²) in [6.45, 7) is 3.79. The molecule has 0 amide bonds. The van der Waals surface area contributed by atoms with Crippen LogP contribution in [0.5, 0.6) is 0 Å². The van der Waals surface area contributed by atoms with Gasteiger partial charge >= 0.3 is 0 Å². The summed E-state index contributed by atoms with van der Waals surface area (Å²) in [6, 6.07) is 8.26. The predicted octanol–water partition coefficient (Wildman–Crippen LogP) is 2.65. The van der Waals surface area contributed by atoms with Crippen molar-refractivity contribution in [3.8, 4) is 0 Å². The monoisotopic (exact) mass is 297 g/mol. The molecule has 1 aliphatic rings. The van der Waals surface area contributed by atoms with Gasteiger partial charge < -0.3 is 14.0 Å². The molecule has 2 aromatic heterocycles. The molecule has 6 heteroatoms. The topological polar surface area (TPSA) is 60.0 Å². The van der Waals surface area contributed by atoms with Gasteiger partial charge in [-0.2, -0.15) is 4.98 Å². The van der Waals surface area contributed by atoms with Crippen molar-refractivity contribution in [3.05, 3.63) is 36.0 Å². The van der Waals surface area contributed by atoms with E-state index in [9.17, 15) is 0 Å². The van der Waals surface area contributed by atoms with Gasteiger partial charge in [-0.15, -0.1) is 0 Å². The summed E-state index contributed by atoms with van der Waals surface area (Å²) < 4.78 is 7.49. The number of aryl methyl sites for hydroxylation is 2. The lowest BCUT2D eigenvalue weighted by molar-refractivity contribution is 0.326. The molecule has 0 bridgehead atoms. The molecular weight excluding hydrogens is 278 g/mol. The molecule has 0 unspecified atom stereocenters. The third-order valence-corrected chi connectivity index (χ3v) is 4.43. The van der Waals surface area contributed by atoms with E-state index >= 15 is 0 Å².